The number of hydrogen-bond donors (Lipinski definition) is 0. The van der Waals surface area contributed by atoms with Crippen LogP contribution in [0, 0.1) is 0 Å². The molecule has 55 heavy (non-hydrogen) atoms. The SMILES string of the molecule is [2H]c1c([2H])c([2H])c2c(oc3c([2H])c(-c4nc(-c5ccccc5)nc(-c5cccc(-c6ccccc6)c5)n4)c([2H])c([2H])c32)c1-c1ccc2c3ccccc3c3ccccc3c2c1. The van der Waals surface area contributed by atoms with Crippen molar-refractivity contribution in [3.05, 3.63) is 188 Å². The van der Waals surface area contributed by atoms with Gasteiger partial charge in [0.05, 0.1) is 8.22 Å². The van der Waals surface area contributed by atoms with E-state index in [0.29, 0.717) is 28.3 Å². The normalized spacial score (nSPS) is 13.2. The van der Waals surface area contributed by atoms with E-state index in [1.54, 1.807) is 0 Å². The summed E-state index contributed by atoms with van der Waals surface area (Å²) >= 11 is 0. The smallest absolute Gasteiger partial charge is 0.164 e. The topological polar surface area (TPSA) is 51.8 Å². The third-order valence-corrected chi connectivity index (χ3v) is 10.2. The van der Waals surface area contributed by atoms with Crippen LogP contribution in [0.4, 0.5) is 0 Å². The van der Waals surface area contributed by atoms with E-state index in [1.165, 1.54) is 0 Å². The van der Waals surface area contributed by atoms with Crippen LogP contribution in [0.3, 0.4) is 0 Å². The lowest BCUT2D eigenvalue weighted by atomic mass is 9.92. The summed E-state index contributed by atoms with van der Waals surface area (Å²) in [5, 5.41) is 6.45. The van der Waals surface area contributed by atoms with Crippen molar-refractivity contribution in [2.24, 2.45) is 0 Å². The van der Waals surface area contributed by atoms with E-state index in [1.807, 2.05) is 127 Å². The van der Waals surface area contributed by atoms with Crippen molar-refractivity contribution in [1.82, 2.24) is 15.0 Å². The molecule has 4 nitrogen and oxygen atoms in total. The number of aromatic nitrogens is 3. The van der Waals surface area contributed by atoms with Gasteiger partial charge >= 0.3 is 0 Å². The van der Waals surface area contributed by atoms with Gasteiger partial charge in [-0.2, -0.15) is 0 Å². The van der Waals surface area contributed by atoms with E-state index >= 15 is 0 Å². The lowest BCUT2D eigenvalue weighted by Crippen LogP contribution is -2.00. The maximum Gasteiger partial charge on any atom is 0.164 e. The Kier molecular flexibility index (Phi) is 5.85. The monoisotopic (exact) mass is 707 g/mol. The molecule has 0 N–H and O–H groups in total. The fourth-order valence-corrected chi connectivity index (χ4v) is 7.60. The Morgan fingerprint density at radius 2 is 0.927 bits per heavy atom. The van der Waals surface area contributed by atoms with Gasteiger partial charge in [0.15, 0.2) is 17.5 Å². The van der Waals surface area contributed by atoms with Crippen molar-refractivity contribution in [2.75, 3.05) is 0 Å². The molecule has 2 heterocycles. The molecule has 11 aromatic rings. The lowest BCUT2D eigenvalue weighted by Gasteiger charge is -2.12. The fourth-order valence-electron chi connectivity index (χ4n) is 7.60. The summed E-state index contributed by atoms with van der Waals surface area (Å²) in [5.41, 5.74) is 4.23. The summed E-state index contributed by atoms with van der Waals surface area (Å²) in [4.78, 5) is 14.5. The fraction of sp³-hybridized carbons (Fsp3) is 0. The second kappa shape index (κ2) is 12.6. The molecule has 0 unspecified atom stereocenters. The highest BCUT2D eigenvalue weighted by molar-refractivity contribution is 6.26. The molecule has 0 saturated heterocycles. The van der Waals surface area contributed by atoms with Crippen molar-refractivity contribution in [3.63, 3.8) is 0 Å². The minimum atomic E-state index is -0.345. The largest absolute Gasteiger partial charge is 0.455 e. The molecule has 0 atom stereocenters. The quantitative estimate of drug-likeness (QED) is 0.167. The maximum atomic E-state index is 9.62. The van der Waals surface area contributed by atoms with Crippen molar-refractivity contribution in [2.45, 2.75) is 0 Å². The van der Waals surface area contributed by atoms with Crippen LogP contribution in [-0.2, 0) is 0 Å². The molecule has 0 spiro atoms. The molecule has 0 radical (unpaired) electrons. The molecule has 0 amide bonds. The molecule has 4 heteroatoms. The summed E-state index contributed by atoms with van der Waals surface area (Å²) in [6, 6.07) is 47.7. The molecule has 0 aliphatic heterocycles. The van der Waals surface area contributed by atoms with Crippen molar-refractivity contribution in [3.8, 4) is 56.4 Å². The number of furan rings is 1. The predicted octanol–water partition coefficient (Wildman–Crippen LogP) is 13.6. The Hall–Kier alpha value is -7.43. The molecular weight excluding hydrogens is 671 g/mol. The van der Waals surface area contributed by atoms with Crippen LogP contribution in [0.1, 0.15) is 8.22 Å². The number of rotatable bonds is 5. The van der Waals surface area contributed by atoms with Crippen molar-refractivity contribution >= 4 is 54.3 Å². The van der Waals surface area contributed by atoms with E-state index in [2.05, 4.69) is 24.3 Å². The second-order valence-corrected chi connectivity index (χ2v) is 13.5. The minimum Gasteiger partial charge on any atom is -0.455 e. The van der Waals surface area contributed by atoms with Crippen molar-refractivity contribution < 1.29 is 12.6 Å². The number of nitrogens with zero attached hydrogens (tertiary/aromatic N) is 3. The minimum absolute atomic E-state index is 0.0159. The van der Waals surface area contributed by atoms with Crippen LogP contribution in [0.25, 0.3) is 111 Å². The van der Waals surface area contributed by atoms with E-state index in [0.717, 1.165) is 43.4 Å². The van der Waals surface area contributed by atoms with Gasteiger partial charge in [0.25, 0.3) is 0 Å². The first-order valence-electron chi connectivity index (χ1n) is 21.0. The molecule has 0 bridgehead atoms. The van der Waals surface area contributed by atoms with Crippen LogP contribution >= 0.6 is 0 Å². The van der Waals surface area contributed by atoms with Gasteiger partial charge in [-0.15, -0.1) is 0 Å². The van der Waals surface area contributed by atoms with Gasteiger partial charge in [-0.3, -0.25) is 0 Å². The van der Waals surface area contributed by atoms with E-state index in [4.69, 9.17) is 22.1 Å². The number of hydrogen-bond acceptors (Lipinski definition) is 4. The van der Waals surface area contributed by atoms with E-state index in [9.17, 15) is 5.48 Å². The summed E-state index contributed by atoms with van der Waals surface area (Å²) < 4.78 is 62.3. The highest BCUT2D eigenvalue weighted by Gasteiger charge is 2.18. The van der Waals surface area contributed by atoms with Crippen LogP contribution in [0.2, 0.25) is 0 Å². The molecule has 0 aliphatic rings. The molecule has 11 rings (SSSR count). The predicted molar refractivity (Wildman–Crippen MR) is 227 cm³/mol. The van der Waals surface area contributed by atoms with Gasteiger partial charge in [-0.1, -0.05) is 164 Å². The Morgan fingerprint density at radius 3 is 1.64 bits per heavy atom. The highest BCUT2D eigenvalue weighted by Crippen LogP contribution is 2.41. The number of para-hydroxylation sites is 1. The Labute approximate surface area is 325 Å². The van der Waals surface area contributed by atoms with Gasteiger partial charge in [-0.05, 0) is 73.2 Å². The van der Waals surface area contributed by atoms with Gasteiger partial charge in [0.2, 0.25) is 0 Å². The van der Waals surface area contributed by atoms with Crippen LogP contribution in [-0.4, -0.2) is 15.0 Å². The summed E-state index contributed by atoms with van der Waals surface area (Å²) in [6.45, 7) is 0. The molecule has 9 aromatic carbocycles. The maximum absolute atomic E-state index is 9.62. The van der Waals surface area contributed by atoms with Gasteiger partial charge < -0.3 is 4.42 Å². The molecule has 0 aliphatic carbocycles. The number of fused-ring (bicyclic) bond motifs is 9. The van der Waals surface area contributed by atoms with Crippen molar-refractivity contribution in [1.29, 1.82) is 0 Å². The lowest BCUT2D eigenvalue weighted by molar-refractivity contribution is 0.670. The Morgan fingerprint density at radius 1 is 0.364 bits per heavy atom. The first-order valence-corrected chi connectivity index (χ1v) is 18.0. The Bertz CT molecular complexity index is 3580. The summed E-state index contributed by atoms with van der Waals surface area (Å²) in [7, 11) is 0. The zero-order valence-electron chi connectivity index (χ0n) is 35.2. The highest BCUT2D eigenvalue weighted by atomic mass is 16.3. The first kappa shape index (κ1) is 25.5. The van der Waals surface area contributed by atoms with E-state index in [-0.39, 0.29) is 75.1 Å². The zero-order chi connectivity index (χ0) is 41.5. The zero-order valence-corrected chi connectivity index (χ0v) is 29.2. The standard InChI is InChI=1S/C51H31N3O/c1-3-13-32(14-4-1)34-17-11-18-36(29-34)50-52-49(33-15-5-2-6-16-33)53-51(54-50)37-26-28-44-45-24-12-23-38(48(45)55-47(44)31-37)35-25-27-43-41-21-8-7-19-39(41)40-20-9-10-22-42(40)46(43)30-35/h1-31H/i12D,23D,24D,26D,28D,31D. The Balaban J connectivity index is 1.16. The molecular formula is C51H31N3O. The van der Waals surface area contributed by atoms with Gasteiger partial charge in [0.1, 0.15) is 11.2 Å². The van der Waals surface area contributed by atoms with Gasteiger partial charge in [-0.25, -0.2) is 15.0 Å². The molecule has 256 valence electrons. The average Bonchev–Trinajstić information content (AvgIpc) is 3.72. The third kappa shape index (κ3) is 5.26. The van der Waals surface area contributed by atoms with Crippen LogP contribution in [0.5, 0.6) is 0 Å². The third-order valence-electron chi connectivity index (χ3n) is 10.2. The van der Waals surface area contributed by atoms with Crippen LogP contribution < -0.4 is 0 Å². The first-order chi connectivity index (χ1) is 29.8. The second-order valence-electron chi connectivity index (χ2n) is 13.5. The molecule has 0 fully saturated rings. The average molecular weight is 708 g/mol. The van der Waals surface area contributed by atoms with Crippen LogP contribution in [0.15, 0.2) is 192 Å². The number of benzene rings is 9. The molecule has 0 saturated carbocycles. The van der Waals surface area contributed by atoms with Gasteiger partial charge in [0, 0.05) is 33.0 Å². The summed E-state index contributed by atoms with van der Waals surface area (Å²) in [6.07, 6.45) is 0. The van der Waals surface area contributed by atoms with E-state index < -0.39 is 0 Å². The summed E-state index contributed by atoms with van der Waals surface area (Å²) in [5.74, 6) is 0.662. The molecule has 2 aromatic heterocycles.